The number of ether oxygens (including phenoxy) is 1. The monoisotopic (exact) mass is 301 g/mol. The van der Waals surface area contributed by atoms with Gasteiger partial charge in [0.25, 0.3) is 5.91 Å². The normalized spacial score (nSPS) is 9.55. The second-order valence-electron chi connectivity index (χ2n) is 4.00. The number of aliphatic hydroxyl groups excluding tert-OH is 1. The molecular formula is C15H12FN3O3. The lowest BCUT2D eigenvalue weighted by molar-refractivity contribution is 0.102. The Morgan fingerprint density at radius 3 is 2.64 bits per heavy atom. The van der Waals surface area contributed by atoms with Crippen molar-refractivity contribution in [1.82, 2.24) is 9.97 Å². The minimum absolute atomic E-state index is 0.0658. The van der Waals surface area contributed by atoms with E-state index in [2.05, 4.69) is 27.1 Å². The molecule has 0 spiro atoms. The molecule has 0 saturated heterocycles. The number of hydrogen-bond acceptors (Lipinski definition) is 5. The van der Waals surface area contributed by atoms with Crippen molar-refractivity contribution in [2.24, 2.45) is 0 Å². The van der Waals surface area contributed by atoms with Crippen molar-refractivity contribution in [1.29, 1.82) is 0 Å². The molecule has 0 aliphatic carbocycles. The summed E-state index contributed by atoms with van der Waals surface area (Å²) in [4.78, 5) is 19.7. The zero-order valence-electron chi connectivity index (χ0n) is 11.4. The van der Waals surface area contributed by atoms with Crippen LogP contribution in [0.15, 0.2) is 36.7 Å². The van der Waals surface area contributed by atoms with Crippen LogP contribution >= 0.6 is 0 Å². The van der Waals surface area contributed by atoms with Crippen molar-refractivity contribution in [2.75, 3.05) is 18.5 Å². The molecule has 0 radical (unpaired) electrons. The molecule has 0 bridgehead atoms. The van der Waals surface area contributed by atoms with Gasteiger partial charge in [-0.25, -0.2) is 14.4 Å². The zero-order chi connectivity index (χ0) is 15.8. The summed E-state index contributed by atoms with van der Waals surface area (Å²) in [6, 6.07) is 5.37. The average molecular weight is 301 g/mol. The Morgan fingerprint density at radius 1 is 1.23 bits per heavy atom. The maximum atomic E-state index is 12.8. The van der Waals surface area contributed by atoms with Crippen molar-refractivity contribution in [3.8, 4) is 17.7 Å². The van der Waals surface area contributed by atoms with Gasteiger partial charge in [0, 0.05) is 5.69 Å². The highest BCUT2D eigenvalue weighted by molar-refractivity contribution is 6.02. The van der Waals surface area contributed by atoms with Gasteiger partial charge in [0.2, 0.25) is 5.88 Å². The third-order valence-corrected chi connectivity index (χ3v) is 2.46. The van der Waals surface area contributed by atoms with Crippen LogP contribution in [-0.2, 0) is 0 Å². The van der Waals surface area contributed by atoms with Gasteiger partial charge < -0.3 is 15.2 Å². The lowest BCUT2D eigenvalue weighted by Crippen LogP contribution is -2.14. The molecular weight excluding hydrogens is 289 g/mol. The van der Waals surface area contributed by atoms with Crippen LogP contribution in [0.1, 0.15) is 10.5 Å². The first-order valence-corrected chi connectivity index (χ1v) is 6.27. The molecule has 0 saturated carbocycles. The molecule has 2 rings (SSSR count). The van der Waals surface area contributed by atoms with Crippen molar-refractivity contribution in [3.63, 3.8) is 0 Å². The molecule has 1 heterocycles. The van der Waals surface area contributed by atoms with Gasteiger partial charge in [-0.2, -0.15) is 0 Å². The third-order valence-electron chi connectivity index (χ3n) is 2.46. The van der Waals surface area contributed by atoms with Crippen LogP contribution in [0, 0.1) is 17.7 Å². The molecule has 6 nitrogen and oxygen atoms in total. The van der Waals surface area contributed by atoms with E-state index in [-0.39, 0.29) is 30.6 Å². The van der Waals surface area contributed by atoms with Crippen LogP contribution in [-0.4, -0.2) is 34.2 Å². The van der Waals surface area contributed by atoms with E-state index in [9.17, 15) is 9.18 Å². The van der Waals surface area contributed by atoms with Crippen molar-refractivity contribution in [2.45, 2.75) is 0 Å². The number of anilines is 1. The number of aromatic nitrogens is 2. The molecule has 0 atom stereocenters. The minimum atomic E-state index is -0.467. The lowest BCUT2D eigenvalue weighted by atomic mass is 10.3. The van der Waals surface area contributed by atoms with Gasteiger partial charge in [-0.15, -0.1) is 0 Å². The summed E-state index contributed by atoms with van der Waals surface area (Å²) in [5.41, 5.74) is 0.547. The van der Waals surface area contributed by atoms with Gasteiger partial charge in [0.1, 0.15) is 18.1 Å². The Hall–Kier alpha value is -2.98. The Kier molecular flexibility index (Phi) is 5.40. The van der Waals surface area contributed by atoms with Gasteiger partial charge in [0.05, 0.1) is 12.4 Å². The topological polar surface area (TPSA) is 84.3 Å². The Bertz CT molecular complexity index is 691. The number of benzene rings is 1. The largest absolute Gasteiger partial charge is 0.463 e. The maximum absolute atomic E-state index is 12.8. The van der Waals surface area contributed by atoms with E-state index in [0.29, 0.717) is 5.69 Å². The minimum Gasteiger partial charge on any atom is -0.463 e. The molecule has 22 heavy (non-hydrogen) atoms. The fourth-order valence-corrected chi connectivity index (χ4v) is 1.45. The van der Waals surface area contributed by atoms with Gasteiger partial charge in [-0.1, -0.05) is 11.8 Å². The van der Waals surface area contributed by atoms with E-state index in [4.69, 9.17) is 9.84 Å². The molecule has 2 aromatic rings. The SMILES string of the molecule is O=C(Nc1ccc(F)cc1)c1cnc(OCC#CCO)cn1. The number of nitrogens with zero attached hydrogens (tertiary/aromatic N) is 2. The van der Waals surface area contributed by atoms with E-state index in [1.54, 1.807) is 0 Å². The number of hydrogen-bond donors (Lipinski definition) is 2. The fourth-order valence-electron chi connectivity index (χ4n) is 1.45. The van der Waals surface area contributed by atoms with E-state index in [1.807, 2.05) is 0 Å². The molecule has 0 aliphatic heterocycles. The predicted octanol–water partition coefficient (Wildman–Crippen LogP) is 1.24. The summed E-state index contributed by atoms with van der Waals surface area (Å²) in [6.45, 7) is -0.173. The highest BCUT2D eigenvalue weighted by Gasteiger charge is 2.08. The first kappa shape index (κ1) is 15.4. The highest BCUT2D eigenvalue weighted by Crippen LogP contribution is 2.10. The number of carbonyl (C=O) groups is 1. The number of nitrogens with one attached hydrogen (secondary N) is 1. The van der Waals surface area contributed by atoms with Crippen molar-refractivity contribution >= 4 is 11.6 Å². The van der Waals surface area contributed by atoms with Crippen LogP contribution in [0.3, 0.4) is 0 Å². The van der Waals surface area contributed by atoms with Gasteiger partial charge in [0.15, 0.2) is 6.61 Å². The Morgan fingerprint density at radius 2 is 2.00 bits per heavy atom. The van der Waals surface area contributed by atoms with Crippen LogP contribution in [0.5, 0.6) is 5.88 Å². The maximum Gasteiger partial charge on any atom is 0.275 e. The predicted molar refractivity (Wildman–Crippen MR) is 76.7 cm³/mol. The van der Waals surface area contributed by atoms with Crippen LogP contribution in [0.4, 0.5) is 10.1 Å². The summed E-state index contributed by atoms with van der Waals surface area (Å²) in [5.74, 6) is 4.34. The summed E-state index contributed by atoms with van der Waals surface area (Å²) < 4.78 is 17.9. The Labute approximate surface area is 126 Å². The van der Waals surface area contributed by atoms with Crippen LogP contribution in [0.25, 0.3) is 0 Å². The number of amides is 1. The van der Waals surface area contributed by atoms with E-state index < -0.39 is 5.91 Å². The first-order valence-electron chi connectivity index (χ1n) is 6.27. The second-order valence-corrected chi connectivity index (χ2v) is 4.00. The molecule has 0 unspecified atom stereocenters. The summed E-state index contributed by atoms with van der Waals surface area (Å²) in [7, 11) is 0. The standard InChI is InChI=1S/C15H12FN3O3/c16-11-3-5-12(6-4-11)19-15(21)13-9-18-14(10-17-13)22-8-2-1-7-20/h3-6,9-10,20H,7-8H2,(H,19,21). The van der Waals surface area contributed by atoms with E-state index in [0.717, 1.165) is 0 Å². The van der Waals surface area contributed by atoms with Crippen LogP contribution < -0.4 is 10.1 Å². The summed E-state index contributed by atoms with van der Waals surface area (Å²) >= 11 is 0. The summed E-state index contributed by atoms with van der Waals surface area (Å²) in [5, 5.41) is 11.0. The molecule has 0 fully saturated rings. The van der Waals surface area contributed by atoms with Gasteiger partial charge >= 0.3 is 0 Å². The molecule has 1 aromatic heterocycles. The highest BCUT2D eigenvalue weighted by atomic mass is 19.1. The summed E-state index contributed by atoms with van der Waals surface area (Å²) in [6.07, 6.45) is 2.55. The molecule has 112 valence electrons. The lowest BCUT2D eigenvalue weighted by Gasteiger charge is -2.05. The number of halogens is 1. The van der Waals surface area contributed by atoms with Crippen molar-refractivity contribution in [3.05, 3.63) is 48.2 Å². The molecule has 1 aromatic carbocycles. The Balaban J connectivity index is 1.94. The first-order chi connectivity index (χ1) is 10.7. The number of carbonyl (C=O) groups excluding carboxylic acids is 1. The van der Waals surface area contributed by atoms with Gasteiger partial charge in [-0.3, -0.25) is 4.79 Å². The fraction of sp³-hybridized carbons (Fsp3) is 0.133. The zero-order valence-corrected chi connectivity index (χ0v) is 11.4. The second kappa shape index (κ2) is 7.71. The molecule has 1 amide bonds. The molecule has 7 heteroatoms. The average Bonchev–Trinajstić information content (AvgIpc) is 2.54. The third kappa shape index (κ3) is 4.54. The molecule has 2 N–H and O–H groups in total. The van der Waals surface area contributed by atoms with Gasteiger partial charge in [-0.05, 0) is 24.3 Å². The number of rotatable bonds is 4. The van der Waals surface area contributed by atoms with E-state index in [1.165, 1.54) is 36.7 Å². The van der Waals surface area contributed by atoms with E-state index >= 15 is 0 Å². The quantitative estimate of drug-likeness (QED) is 0.830. The molecule has 0 aliphatic rings. The number of aliphatic hydroxyl groups is 1. The smallest absolute Gasteiger partial charge is 0.275 e. The van der Waals surface area contributed by atoms with Crippen LogP contribution in [0.2, 0.25) is 0 Å². The van der Waals surface area contributed by atoms with Crippen molar-refractivity contribution < 1.29 is 19.0 Å².